The van der Waals surface area contributed by atoms with Crippen molar-refractivity contribution in [1.29, 1.82) is 0 Å². The molecule has 1 aliphatic rings. The zero-order valence-corrected chi connectivity index (χ0v) is 9.67. The molecule has 0 saturated heterocycles. The van der Waals surface area contributed by atoms with Gasteiger partial charge in [0.25, 0.3) is 0 Å². The maximum absolute atomic E-state index is 11.1. The smallest absolute Gasteiger partial charge is 0.237 e. The monoisotopic (exact) mass is 235 g/mol. The molecule has 0 unspecified atom stereocenters. The van der Waals surface area contributed by atoms with E-state index in [0.717, 1.165) is 12.8 Å². The van der Waals surface area contributed by atoms with Crippen LogP contribution in [0.1, 0.15) is 25.7 Å². The van der Waals surface area contributed by atoms with Gasteiger partial charge in [-0.2, -0.15) is 0 Å². The van der Waals surface area contributed by atoms with Crippen molar-refractivity contribution < 1.29 is 4.79 Å². The molecule has 1 fully saturated rings. The highest BCUT2D eigenvalue weighted by molar-refractivity contribution is 5.79. The lowest BCUT2D eigenvalue weighted by Crippen LogP contribution is -2.41. The van der Waals surface area contributed by atoms with Crippen molar-refractivity contribution in [2.24, 2.45) is 5.73 Å². The molecule has 0 aliphatic heterocycles. The van der Waals surface area contributed by atoms with Crippen LogP contribution in [0, 0.1) is 0 Å². The van der Waals surface area contributed by atoms with Gasteiger partial charge in [0.2, 0.25) is 11.9 Å². The summed E-state index contributed by atoms with van der Waals surface area (Å²) in [5, 5.41) is 0. The number of aromatic nitrogens is 2. The predicted molar refractivity (Wildman–Crippen MR) is 65.2 cm³/mol. The maximum atomic E-state index is 11.1. The summed E-state index contributed by atoms with van der Waals surface area (Å²) < 4.78 is 0. The van der Waals surface area contributed by atoms with Crippen molar-refractivity contribution in [1.82, 2.24) is 9.97 Å². The van der Waals surface area contributed by atoms with E-state index in [9.17, 15) is 4.79 Å². The summed E-state index contributed by atoms with van der Waals surface area (Å²) >= 11 is 0. The molecule has 4 N–H and O–H groups in total. The zero-order valence-electron chi connectivity index (χ0n) is 9.67. The van der Waals surface area contributed by atoms with Gasteiger partial charge in [0.05, 0.1) is 24.6 Å². The van der Waals surface area contributed by atoms with Crippen LogP contribution in [0.25, 0.3) is 0 Å². The van der Waals surface area contributed by atoms with Gasteiger partial charge in [-0.3, -0.25) is 4.79 Å². The van der Waals surface area contributed by atoms with Gasteiger partial charge in [-0.05, 0) is 12.8 Å². The highest BCUT2D eigenvalue weighted by Crippen LogP contribution is 2.25. The molecule has 1 amide bonds. The normalized spacial score (nSPS) is 16.0. The van der Waals surface area contributed by atoms with E-state index in [1.165, 1.54) is 12.8 Å². The second-order valence-electron chi connectivity index (χ2n) is 4.35. The Kier molecular flexibility index (Phi) is 3.41. The van der Waals surface area contributed by atoms with Gasteiger partial charge in [-0.15, -0.1) is 0 Å². The number of amides is 1. The van der Waals surface area contributed by atoms with Crippen molar-refractivity contribution in [3.05, 3.63) is 12.4 Å². The fourth-order valence-corrected chi connectivity index (χ4v) is 2.23. The number of carbonyl (C=O) groups is 1. The molecule has 0 radical (unpaired) electrons. The quantitative estimate of drug-likeness (QED) is 0.781. The van der Waals surface area contributed by atoms with E-state index in [-0.39, 0.29) is 12.5 Å². The molecular formula is C11H17N5O. The summed E-state index contributed by atoms with van der Waals surface area (Å²) in [5.41, 5.74) is 11.3. The van der Waals surface area contributed by atoms with Gasteiger partial charge in [0.1, 0.15) is 0 Å². The van der Waals surface area contributed by atoms with E-state index in [4.69, 9.17) is 11.5 Å². The Labute approximate surface area is 100 Å². The largest absolute Gasteiger partial charge is 0.396 e. The average Bonchev–Trinajstić information content (AvgIpc) is 2.80. The minimum absolute atomic E-state index is 0.161. The van der Waals surface area contributed by atoms with Crippen LogP contribution in [0.2, 0.25) is 0 Å². The summed E-state index contributed by atoms with van der Waals surface area (Å²) in [7, 11) is 0. The molecule has 92 valence electrons. The third-order valence-corrected chi connectivity index (χ3v) is 3.01. The van der Waals surface area contributed by atoms with E-state index in [1.54, 1.807) is 12.4 Å². The van der Waals surface area contributed by atoms with Crippen LogP contribution in [0.5, 0.6) is 0 Å². The minimum Gasteiger partial charge on any atom is -0.396 e. The molecule has 0 bridgehead atoms. The fraction of sp³-hybridized carbons (Fsp3) is 0.545. The van der Waals surface area contributed by atoms with Gasteiger partial charge in [0, 0.05) is 6.04 Å². The lowest BCUT2D eigenvalue weighted by molar-refractivity contribution is -0.116. The van der Waals surface area contributed by atoms with E-state index in [2.05, 4.69) is 9.97 Å². The first-order valence-electron chi connectivity index (χ1n) is 5.79. The lowest BCUT2D eigenvalue weighted by atomic mass is 10.2. The Balaban J connectivity index is 2.19. The summed E-state index contributed by atoms with van der Waals surface area (Å²) in [6, 6.07) is 0.311. The third kappa shape index (κ3) is 2.83. The molecule has 1 aliphatic carbocycles. The number of nitrogens with two attached hydrogens (primary N) is 2. The molecule has 1 aromatic rings. The standard InChI is InChI=1S/C11H17N5O/c12-8-5-14-11(15-6-8)16(7-10(13)17)9-3-1-2-4-9/h5-6,9H,1-4,7,12H2,(H2,13,17). The second-order valence-corrected chi connectivity index (χ2v) is 4.35. The van der Waals surface area contributed by atoms with E-state index in [1.807, 2.05) is 4.90 Å². The molecule has 1 saturated carbocycles. The molecular weight excluding hydrogens is 218 g/mol. The van der Waals surface area contributed by atoms with Gasteiger partial charge in [-0.25, -0.2) is 9.97 Å². The highest BCUT2D eigenvalue weighted by Gasteiger charge is 2.25. The number of primary amides is 1. The average molecular weight is 235 g/mol. The Morgan fingerprint density at radius 3 is 2.47 bits per heavy atom. The number of rotatable bonds is 4. The number of nitrogens with zero attached hydrogens (tertiary/aromatic N) is 3. The number of anilines is 2. The van der Waals surface area contributed by atoms with Crippen LogP contribution in [0.4, 0.5) is 11.6 Å². The van der Waals surface area contributed by atoms with Crippen LogP contribution < -0.4 is 16.4 Å². The topological polar surface area (TPSA) is 98.1 Å². The van der Waals surface area contributed by atoms with E-state index in [0.29, 0.717) is 17.7 Å². The Morgan fingerprint density at radius 2 is 1.94 bits per heavy atom. The Bertz CT molecular complexity index is 385. The molecule has 0 aromatic carbocycles. The van der Waals surface area contributed by atoms with Gasteiger partial charge in [0.15, 0.2) is 0 Å². The Morgan fingerprint density at radius 1 is 1.35 bits per heavy atom. The van der Waals surface area contributed by atoms with Crippen molar-refractivity contribution in [3.63, 3.8) is 0 Å². The first kappa shape index (κ1) is 11.6. The number of hydrogen-bond acceptors (Lipinski definition) is 5. The van der Waals surface area contributed by atoms with Crippen LogP contribution >= 0.6 is 0 Å². The molecule has 2 rings (SSSR count). The van der Waals surface area contributed by atoms with Crippen LogP contribution in [0.15, 0.2) is 12.4 Å². The van der Waals surface area contributed by atoms with Gasteiger partial charge in [-0.1, -0.05) is 12.8 Å². The van der Waals surface area contributed by atoms with Crippen LogP contribution in [-0.4, -0.2) is 28.5 Å². The number of carbonyl (C=O) groups excluding carboxylic acids is 1. The highest BCUT2D eigenvalue weighted by atomic mass is 16.1. The first-order chi connectivity index (χ1) is 8.16. The number of nitrogen functional groups attached to an aromatic ring is 1. The summed E-state index contributed by atoms with van der Waals surface area (Å²) in [5.74, 6) is 0.169. The third-order valence-electron chi connectivity index (χ3n) is 3.01. The second kappa shape index (κ2) is 4.99. The van der Waals surface area contributed by atoms with Crippen LogP contribution in [0.3, 0.4) is 0 Å². The minimum atomic E-state index is -0.364. The van der Waals surface area contributed by atoms with Crippen molar-refractivity contribution in [2.45, 2.75) is 31.7 Å². The summed E-state index contributed by atoms with van der Waals surface area (Å²) in [4.78, 5) is 21.3. The molecule has 6 heteroatoms. The van der Waals surface area contributed by atoms with Crippen molar-refractivity contribution in [2.75, 3.05) is 17.2 Å². The first-order valence-corrected chi connectivity index (χ1v) is 5.79. The SMILES string of the molecule is NC(=O)CN(c1ncc(N)cn1)C1CCCC1. The van der Waals surface area contributed by atoms with Gasteiger partial charge >= 0.3 is 0 Å². The summed E-state index contributed by atoms with van der Waals surface area (Å²) in [6.45, 7) is 0.161. The zero-order chi connectivity index (χ0) is 12.3. The molecule has 0 spiro atoms. The Hall–Kier alpha value is -1.85. The van der Waals surface area contributed by atoms with Crippen molar-refractivity contribution in [3.8, 4) is 0 Å². The van der Waals surface area contributed by atoms with Gasteiger partial charge < -0.3 is 16.4 Å². The molecule has 17 heavy (non-hydrogen) atoms. The molecule has 1 aromatic heterocycles. The van der Waals surface area contributed by atoms with Crippen molar-refractivity contribution >= 4 is 17.5 Å². The molecule has 1 heterocycles. The maximum Gasteiger partial charge on any atom is 0.237 e. The fourth-order valence-electron chi connectivity index (χ4n) is 2.23. The molecule has 0 atom stereocenters. The predicted octanol–water partition coefficient (Wildman–Crippen LogP) is 0.293. The van der Waals surface area contributed by atoms with E-state index >= 15 is 0 Å². The summed E-state index contributed by atoms with van der Waals surface area (Å²) in [6.07, 6.45) is 7.56. The molecule has 6 nitrogen and oxygen atoms in total. The van der Waals surface area contributed by atoms with E-state index < -0.39 is 0 Å². The number of hydrogen-bond donors (Lipinski definition) is 2. The van der Waals surface area contributed by atoms with Crippen LogP contribution in [-0.2, 0) is 4.79 Å². The lowest BCUT2D eigenvalue weighted by Gasteiger charge is -2.27.